The second-order valence-corrected chi connectivity index (χ2v) is 5.40. The Hall–Kier alpha value is -1.06. The fourth-order valence-electron chi connectivity index (χ4n) is 2.70. The van der Waals surface area contributed by atoms with E-state index in [0.29, 0.717) is 6.54 Å². The number of β-amino-alcohol motifs (C(OH)–C–C–N with tert-alkyl or cyclic N) is 1. The second-order valence-electron chi connectivity index (χ2n) is 5.40. The van der Waals surface area contributed by atoms with Crippen molar-refractivity contribution in [2.45, 2.75) is 44.8 Å². The molecule has 3 N–H and O–H groups in total. The quantitative estimate of drug-likeness (QED) is 0.856. The van der Waals surface area contributed by atoms with Gasteiger partial charge in [0.2, 0.25) is 0 Å². The highest BCUT2D eigenvalue weighted by Gasteiger charge is 2.29. The Bertz CT molecular complexity index is 401. The molecule has 1 atom stereocenters. The molecule has 1 unspecified atom stereocenters. The van der Waals surface area contributed by atoms with Gasteiger partial charge in [0.15, 0.2) is 0 Å². The van der Waals surface area contributed by atoms with Crippen LogP contribution in [0.15, 0.2) is 24.3 Å². The van der Waals surface area contributed by atoms with Gasteiger partial charge in [0.05, 0.1) is 5.60 Å². The minimum atomic E-state index is -0.607. The standard InChI is InChI=1S/C15H24N2O/c1-3-15(18,4-2)11-17-10-13(16)9-12-7-5-6-8-14(12)17/h5-8,13,18H,3-4,9-11,16H2,1-2H3. The summed E-state index contributed by atoms with van der Waals surface area (Å²) in [6.45, 7) is 5.59. The van der Waals surface area contributed by atoms with E-state index in [1.54, 1.807) is 0 Å². The molecular formula is C15H24N2O. The first-order valence-corrected chi connectivity index (χ1v) is 6.89. The Labute approximate surface area is 110 Å². The van der Waals surface area contributed by atoms with Crippen molar-refractivity contribution in [1.29, 1.82) is 0 Å². The molecule has 1 aromatic carbocycles. The van der Waals surface area contributed by atoms with E-state index in [4.69, 9.17) is 5.73 Å². The molecule has 3 heteroatoms. The van der Waals surface area contributed by atoms with Crippen LogP contribution in [-0.4, -0.2) is 29.8 Å². The van der Waals surface area contributed by atoms with Crippen LogP contribution in [0, 0.1) is 0 Å². The van der Waals surface area contributed by atoms with Crippen molar-refractivity contribution in [3.8, 4) is 0 Å². The van der Waals surface area contributed by atoms with Crippen LogP contribution in [0.5, 0.6) is 0 Å². The number of nitrogens with zero attached hydrogens (tertiary/aromatic N) is 1. The van der Waals surface area contributed by atoms with Crippen LogP contribution in [0.2, 0.25) is 0 Å². The first kappa shape index (κ1) is 13.4. The van der Waals surface area contributed by atoms with Gasteiger partial charge in [0, 0.05) is 24.8 Å². The Kier molecular flexibility index (Phi) is 3.93. The number of benzene rings is 1. The molecule has 100 valence electrons. The molecule has 1 aliphatic rings. The molecule has 0 bridgehead atoms. The minimum absolute atomic E-state index is 0.165. The lowest BCUT2D eigenvalue weighted by Crippen LogP contribution is -2.50. The maximum absolute atomic E-state index is 10.5. The number of fused-ring (bicyclic) bond motifs is 1. The molecule has 2 rings (SSSR count). The van der Waals surface area contributed by atoms with E-state index in [-0.39, 0.29) is 6.04 Å². The topological polar surface area (TPSA) is 49.5 Å². The molecule has 1 heterocycles. The number of anilines is 1. The predicted molar refractivity (Wildman–Crippen MR) is 75.9 cm³/mol. The highest BCUT2D eigenvalue weighted by atomic mass is 16.3. The number of aliphatic hydroxyl groups is 1. The van der Waals surface area contributed by atoms with Crippen molar-refractivity contribution in [2.75, 3.05) is 18.0 Å². The molecule has 0 aromatic heterocycles. The average molecular weight is 248 g/mol. The molecule has 1 aromatic rings. The Balaban J connectivity index is 2.24. The first-order chi connectivity index (χ1) is 8.58. The number of rotatable bonds is 4. The average Bonchev–Trinajstić information content (AvgIpc) is 2.38. The molecule has 0 spiro atoms. The molecule has 0 saturated heterocycles. The molecule has 3 nitrogen and oxygen atoms in total. The zero-order valence-electron chi connectivity index (χ0n) is 11.4. The number of para-hydroxylation sites is 1. The van der Waals surface area contributed by atoms with Crippen LogP contribution >= 0.6 is 0 Å². The van der Waals surface area contributed by atoms with Gasteiger partial charge in [-0.15, -0.1) is 0 Å². The van der Waals surface area contributed by atoms with Gasteiger partial charge in [-0.05, 0) is 30.9 Å². The van der Waals surface area contributed by atoms with Crippen LogP contribution in [0.3, 0.4) is 0 Å². The first-order valence-electron chi connectivity index (χ1n) is 6.89. The third kappa shape index (κ3) is 2.68. The smallest absolute Gasteiger partial charge is 0.0816 e. The monoisotopic (exact) mass is 248 g/mol. The molecule has 1 aliphatic heterocycles. The van der Waals surface area contributed by atoms with E-state index in [0.717, 1.165) is 25.8 Å². The third-order valence-electron chi connectivity index (χ3n) is 4.07. The second kappa shape index (κ2) is 5.29. The molecule has 0 saturated carbocycles. The third-order valence-corrected chi connectivity index (χ3v) is 4.07. The van der Waals surface area contributed by atoms with E-state index in [9.17, 15) is 5.11 Å². The minimum Gasteiger partial charge on any atom is -0.388 e. The summed E-state index contributed by atoms with van der Waals surface area (Å²) in [5.41, 5.74) is 8.04. The zero-order chi connectivity index (χ0) is 13.2. The van der Waals surface area contributed by atoms with Gasteiger partial charge >= 0.3 is 0 Å². The van der Waals surface area contributed by atoms with Gasteiger partial charge in [-0.2, -0.15) is 0 Å². The van der Waals surface area contributed by atoms with E-state index in [2.05, 4.69) is 29.2 Å². The van der Waals surface area contributed by atoms with Crippen molar-refractivity contribution in [3.63, 3.8) is 0 Å². The van der Waals surface area contributed by atoms with Crippen molar-refractivity contribution in [2.24, 2.45) is 5.73 Å². The van der Waals surface area contributed by atoms with E-state index in [1.807, 2.05) is 13.8 Å². The lowest BCUT2D eigenvalue weighted by Gasteiger charge is -2.39. The summed E-state index contributed by atoms with van der Waals surface area (Å²) in [6.07, 6.45) is 2.48. The highest BCUT2D eigenvalue weighted by Crippen LogP contribution is 2.29. The molecule has 0 amide bonds. The van der Waals surface area contributed by atoms with E-state index in [1.165, 1.54) is 11.3 Å². The summed E-state index contributed by atoms with van der Waals surface area (Å²) in [7, 11) is 0. The lowest BCUT2D eigenvalue weighted by atomic mass is 9.93. The fraction of sp³-hybridized carbons (Fsp3) is 0.600. The van der Waals surface area contributed by atoms with Crippen molar-refractivity contribution < 1.29 is 5.11 Å². The predicted octanol–water partition coefficient (Wildman–Crippen LogP) is 1.93. The van der Waals surface area contributed by atoms with Gasteiger partial charge in [-0.25, -0.2) is 0 Å². The van der Waals surface area contributed by atoms with E-state index >= 15 is 0 Å². The van der Waals surface area contributed by atoms with Crippen molar-refractivity contribution >= 4 is 5.69 Å². The van der Waals surface area contributed by atoms with Crippen LogP contribution in [0.25, 0.3) is 0 Å². The van der Waals surface area contributed by atoms with Crippen LogP contribution in [-0.2, 0) is 6.42 Å². The Morgan fingerprint density at radius 2 is 2.00 bits per heavy atom. The summed E-state index contributed by atoms with van der Waals surface area (Å²) in [5, 5.41) is 10.5. The van der Waals surface area contributed by atoms with E-state index < -0.39 is 5.60 Å². The zero-order valence-corrected chi connectivity index (χ0v) is 11.4. The van der Waals surface area contributed by atoms with Gasteiger partial charge in [0.1, 0.15) is 0 Å². The van der Waals surface area contributed by atoms with Crippen LogP contribution in [0.1, 0.15) is 32.3 Å². The van der Waals surface area contributed by atoms with Gasteiger partial charge in [-0.3, -0.25) is 0 Å². The fourth-order valence-corrected chi connectivity index (χ4v) is 2.70. The number of nitrogens with two attached hydrogens (primary N) is 1. The van der Waals surface area contributed by atoms with Crippen LogP contribution < -0.4 is 10.6 Å². The number of hydrogen-bond donors (Lipinski definition) is 2. The summed E-state index contributed by atoms with van der Waals surface area (Å²) in [4.78, 5) is 2.25. The Morgan fingerprint density at radius 1 is 1.33 bits per heavy atom. The van der Waals surface area contributed by atoms with Gasteiger partial charge < -0.3 is 15.7 Å². The van der Waals surface area contributed by atoms with Crippen molar-refractivity contribution in [3.05, 3.63) is 29.8 Å². The summed E-state index contributed by atoms with van der Waals surface area (Å²) >= 11 is 0. The normalized spacial score (nSPS) is 19.8. The number of hydrogen-bond acceptors (Lipinski definition) is 3. The van der Waals surface area contributed by atoms with Crippen LogP contribution in [0.4, 0.5) is 5.69 Å². The summed E-state index contributed by atoms with van der Waals surface area (Å²) in [5.74, 6) is 0. The maximum Gasteiger partial charge on any atom is 0.0816 e. The summed E-state index contributed by atoms with van der Waals surface area (Å²) < 4.78 is 0. The molecule has 0 fully saturated rings. The maximum atomic E-state index is 10.5. The molecule has 0 aliphatic carbocycles. The highest BCUT2D eigenvalue weighted by molar-refractivity contribution is 5.56. The Morgan fingerprint density at radius 3 is 2.67 bits per heavy atom. The lowest BCUT2D eigenvalue weighted by molar-refractivity contribution is 0.0388. The molecule has 18 heavy (non-hydrogen) atoms. The van der Waals surface area contributed by atoms with Gasteiger partial charge in [-0.1, -0.05) is 32.0 Å². The largest absolute Gasteiger partial charge is 0.388 e. The van der Waals surface area contributed by atoms with Gasteiger partial charge in [0.25, 0.3) is 0 Å². The molecular weight excluding hydrogens is 224 g/mol. The van der Waals surface area contributed by atoms with Crippen molar-refractivity contribution in [1.82, 2.24) is 0 Å². The summed E-state index contributed by atoms with van der Waals surface area (Å²) in [6, 6.07) is 8.55. The molecule has 0 radical (unpaired) electrons. The SMILES string of the molecule is CCC(O)(CC)CN1CC(N)Cc2ccccc21.